The molecule has 6 aliphatic rings. The third-order valence-corrected chi connectivity index (χ3v) is 23.8. The summed E-state index contributed by atoms with van der Waals surface area (Å²) in [5, 5.41) is 0. The summed E-state index contributed by atoms with van der Waals surface area (Å²) in [6.45, 7) is 38.4. The lowest BCUT2D eigenvalue weighted by molar-refractivity contribution is 0.195. The van der Waals surface area contributed by atoms with Gasteiger partial charge in [-0.1, -0.05) is 220 Å². The Kier molecular flexibility index (Phi) is 13.5. The van der Waals surface area contributed by atoms with E-state index < -0.39 is 0 Å². The number of benzene rings is 9. The van der Waals surface area contributed by atoms with E-state index in [0.29, 0.717) is 0 Å². The summed E-state index contributed by atoms with van der Waals surface area (Å²) in [4.78, 5) is 11.0. The van der Waals surface area contributed by atoms with E-state index in [9.17, 15) is 0 Å². The third-order valence-electron chi connectivity index (χ3n) is 23.8. The largest absolute Gasteiger partial charge is 0.334 e. The Morgan fingerprint density at radius 1 is 0.348 bits per heavy atom. The van der Waals surface area contributed by atoms with Crippen molar-refractivity contribution in [2.75, 3.05) is 19.6 Å². The van der Waals surface area contributed by atoms with Gasteiger partial charge in [0.05, 0.1) is 16.8 Å². The first-order chi connectivity index (χ1) is 43.5. The maximum Gasteiger partial charge on any atom is 0.252 e. The first-order valence-electron chi connectivity index (χ1n) is 34.6. The van der Waals surface area contributed by atoms with Crippen LogP contribution in [0.2, 0.25) is 0 Å². The molecule has 4 atom stereocenters. The van der Waals surface area contributed by atoms with E-state index in [2.05, 4.69) is 294 Å². The standard InChI is InChI=1S/C86H94BFN4/c1-79(2,3)58-30-35-63(36-31-58)89-75-52-64(91-72-40-29-57(56-27-24-28-62(88)47-56)48-67(72)83(13)43-20-22-45-85(83,91)15)37-39-70(75)87-69-38-32-61(82(10,11)12)51-74(69)90(71-41-33-59(80(4,5)6)49-66(71)55-25-18-17-19-26-55)77-54-65(53-76(89)78(77)87)92-73-42-34-60(81(7,8)9)50-68(73)84(14)44-21-23-46-86(84,92)16/h17-19,24-42,47-54H,20-23,43-46H2,1-16H3. The first-order valence-corrected chi connectivity index (χ1v) is 34.6. The Hall–Kier alpha value is -7.83. The van der Waals surface area contributed by atoms with Crippen LogP contribution in [0.5, 0.6) is 0 Å². The van der Waals surface area contributed by atoms with Crippen LogP contribution >= 0.6 is 0 Å². The van der Waals surface area contributed by atoms with Gasteiger partial charge in [-0.2, -0.15) is 0 Å². The zero-order valence-corrected chi connectivity index (χ0v) is 57.7. The van der Waals surface area contributed by atoms with E-state index in [1.807, 2.05) is 6.07 Å². The molecule has 4 unspecified atom stereocenters. The number of nitrogens with zero attached hydrogens (tertiary/aromatic N) is 4. The van der Waals surface area contributed by atoms with Crippen LogP contribution in [0.25, 0.3) is 22.3 Å². The van der Waals surface area contributed by atoms with Crippen LogP contribution in [0, 0.1) is 5.82 Å². The Bertz CT molecular complexity index is 4460. The van der Waals surface area contributed by atoms with Gasteiger partial charge in [0.25, 0.3) is 6.71 Å². The second-order valence-corrected chi connectivity index (χ2v) is 33.4. The van der Waals surface area contributed by atoms with Crippen molar-refractivity contribution in [3.05, 3.63) is 221 Å². The van der Waals surface area contributed by atoms with E-state index in [-0.39, 0.29) is 56.1 Å². The highest BCUT2D eigenvalue weighted by atomic mass is 19.1. The maximum atomic E-state index is 15.0. The number of fused-ring (bicyclic) bond motifs is 10. The van der Waals surface area contributed by atoms with Gasteiger partial charge in [-0.25, -0.2) is 4.39 Å². The molecule has 2 saturated carbocycles. The van der Waals surface area contributed by atoms with Crippen LogP contribution < -0.4 is 36.0 Å². The molecule has 2 fully saturated rings. The Balaban J connectivity index is 1.05. The smallest absolute Gasteiger partial charge is 0.252 e. The molecule has 0 radical (unpaired) electrons. The van der Waals surface area contributed by atoms with Gasteiger partial charge < -0.3 is 19.6 Å². The van der Waals surface area contributed by atoms with Crippen LogP contribution in [-0.2, 0) is 32.5 Å². The number of hydrogen-bond donors (Lipinski definition) is 0. The molecule has 0 saturated heterocycles. The fourth-order valence-electron chi connectivity index (χ4n) is 18.0. The Morgan fingerprint density at radius 3 is 1.41 bits per heavy atom. The predicted octanol–water partition coefficient (Wildman–Crippen LogP) is 21.9. The van der Waals surface area contributed by atoms with Gasteiger partial charge in [0.15, 0.2) is 0 Å². The van der Waals surface area contributed by atoms with Crippen LogP contribution in [0.15, 0.2) is 182 Å². The summed E-state index contributed by atoms with van der Waals surface area (Å²) < 4.78 is 15.0. The van der Waals surface area contributed by atoms with Crippen LogP contribution in [0.1, 0.15) is 196 Å². The lowest BCUT2D eigenvalue weighted by Gasteiger charge is -2.51. The van der Waals surface area contributed by atoms with Crippen molar-refractivity contribution in [1.82, 2.24) is 0 Å². The average molecular weight is 1210 g/mol. The summed E-state index contributed by atoms with van der Waals surface area (Å²) in [7, 11) is 0. The molecule has 0 spiro atoms. The fourth-order valence-corrected chi connectivity index (χ4v) is 18.0. The minimum absolute atomic E-state index is 0.00104. The zero-order valence-electron chi connectivity index (χ0n) is 57.7. The lowest BCUT2D eigenvalue weighted by atomic mass is 9.33. The summed E-state index contributed by atoms with van der Waals surface area (Å²) in [6.07, 6.45) is 9.12. The highest BCUT2D eigenvalue weighted by Crippen LogP contribution is 2.64. The molecule has 4 heterocycles. The van der Waals surface area contributed by atoms with E-state index in [1.165, 1.54) is 131 Å². The normalized spacial score (nSPS) is 22.3. The molecular weight excluding hydrogens is 1120 g/mol. The lowest BCUT2D eigenvalue weighted by Crippen LogP contribution is -2.61. The molecule has 468 valence electrons. The van der Waals surface area contributed by atoms with Crippen molar-refractivity contribution in [2.45, 2.75) is 206 Å². The molecule has 92 heavy (non-hydrogen) atoms. The molecule has 9 aromatic carbocycles. The summed E-state index contributed by atoms with van der Waals surface area (Å²) in [6, 6.07) is 70.2. The second kappa shape index (κ2) is 20.6. The third kappa shape index (κ3) is 9.01. The van der Waals surface area contributed by atoms with E-state index in [1.54, 1.807) is 12.1 Å². The van der Waals surface area contributed by atoms with E-state index in [4.69, 9.17) is 0 Å². The van der Waals surface area contributed by atoms with Gasteiger partial charge in [0.2, 0.25) is 0 Å². The minimum Gasteiger partial charge on any atom is -0.334 e. The summed E-state index contributed by atoms with van der Waals surface area (Å²) >= 11 is 0. The molecule has 15 rings (SSSR count). The summed E-state index contributed by atoms with van der Waals surface area (Å²) in [5.74, 6) is -0.206. The van der Waals surface area contributed by atoms with Crippen molar-refractivity contribution >= 4 is 80.0 Å². The minimum atomic E-state index is -0.229. The highest BCUT2D eigenvalue weighted by Gasteiger charge is 2.60. The van der Waals surface area contributed by atoms with E-state index >= 15 is 4.39 Å². The van der Waals surface area contributed by atoms with Crippen LogP contribution in [0.4, 0.5) is 61.3 Å². The molecule has 9 aromatic rings. The second-order valence-electron chi connectivity index (χ2n) is 33.4. The van der Waals surface area contributed by atoms with Crippen molar-refractivity contribution in [3.63, 3.8) is 0 Å². The Morgan fingerprint density at radius 2 is 0.804 bits per heavy atom. The van der Waals surface area contributed by atoms with Crippen molar-refractivity contribution in [2.24, 2.45) is 0 Å². The maximum absolute atomic E-state index is 15.0. The van der Waals surface area contributed by atoms with Gasteiger partial charge in [0, 0.05) is 67.6 Å². The highest BCUT2D eigenvalue weighted by molar-refractivity contribution is 7.00. The molecule has 4 aliphatic heterocycles. The Labute approximate surface area is 550 Å². The topological polar surface area (TPSA) is 13.0 Å². The average Bonchev–Trinajstić information content (AvgIpc) is 1.64. The van der Waals surface area contributed by atoms with Gasteiger partial charge in [-0.3, -0.25) is 0 Å². The molecule has 0 bridgehead atoms. The van der Waals surface area contributed by atoms with Gasteiger partial charge in [0.1, 0.15) is 5.82 Å². The number of hydrogen-bond acceptors (Lipinski definition) is 4. The van der Waals surface area contributed by atoms with Crippen molar-refractivity contribution < 1.29 is 4.39 Å². The number of halogens is 1. The molecule has 2 aliphatic carbocycles. The quantitative estimate of drug-likeness (QED) is 0.154. The molecule has 0 N–H and O–H groups in total. The molecule has 4 nitrogen and oxygen atoms in total. The van der Waals surface area contributed by atoms with Crippen molar-refractivity contribution in [1.29, 1.82) is 0 Å². The molecule has 0 amide bonds. The zero-order chi connectivity index (χ0) is 64.6. The summed E-state index contributed by atoms with van der Waals surface area (Å²) in [5.41, 5.74) is 27.8. The molecule has 6 heteroatoms. The van der Waals surface area contributed by atoms with Crippen LogP contribution in [0.3, 0.4) is 0 Å². The van der Waals surface area contributed by atoms with Gasteiger partial charge in [-0.15, -0.1) is 0 Å². The van der Waals surface area contributed by atoms with E-state index in [0.717, 1.165) is 48.9 Å². The SMILES string of the molecule is CC(C)(C)c1ccc(N2c3cc(N4c5ccc(-c6cccc(F)c6)cc5C5(C)CCCCC45C)ccc3B3c4ccc(C(C)(C)C)cc4N(c4ccc(C(C)(C)C)cc4-c4ccccc4)c4cc(N5c6ccc(C(C)(C)C)cc6C6(C)CCCCC56C)cc2c43)cc1. The number of anilines is 10. The molecular formula is C86H94BFN4. The fraction of sp³-hybridized carbons (Fsp3) is 0.372. The van der Waals surface area contributed by atoms with Gasteiger partial charge in [-0.05, 0) is 213 Å². The van der Waals surface area contributed by atoms with Crippen molar-refractivity contribution in [3.8, 4) is 22.3 Å². The van der Waals surface area contributed by atoms with Crippen LogP contribution in [-0.4, -0.2) is 17.8 Å². The molecule has 0 aromatic heterocycles. The monoisotopic (exact) mass is 1210 g/mol. The van der Waals surface area contributed by atoms with Gasteiger partial charge >= 0.3 is 0 Å². The first kappa shape index (κ1) is 60.4. The number of rotatable bonds is 6. The predicted molar refractivity (Wildman–Crippen MR) is 392 cm³/mol.